The molecule has 0 heterocycles. The molecule has 0 amide bonds. The van der Waals surface area contributed by atoms with Gasteiger partial charge in [0, 0.05) is 0 Å². The zero-order chi connectivity index (χ0) is 22.7. The molecule has 4 fully saturated rings. The standard InChI is InChI=1S/C30H54O/c1-18(2)21(5)19(3)17-20(4)24-11-12-26-23-9-10-25-22(6)28(31)14-16-30(25,8)27(23)13-15-29(24,26)7/h18-28,31H,9-17H2,1-8H3/t19-,20-,21-,22+,23+,24-,25+,26+,27+,28+,29-,30+/m1/s1. The lowest BCUT2D eigenvalue weighted by atomic mass is 9.43. The molecule has 0 aromatic carbocycles. The molecule has 4 aliphatic rings. The van der Waals surface area contributed by atoms with Gasteiger partial charge in [0.1, 0.15) is 0 Å². The molecule has 180 valence electrons. The first-order chi connectivity index (χ1) is 14.5. The second-order valence-electron chi connectivity index (χ2n) is 14.1. The third-order valence-electron chi connectivity index (χ3n) is 12.6. The van der Waals surface area contributed by atoms with Gasteiger partial charge in [-0.3, -0.25) is 0 Å². The maximum absolute atomic E-state index is 10.6. The number of aliphatic hydroxyl groups excluding tert-OH is 1. The van der Waals surface area contributed by atoms with Gasteiger partial charge in [0.05, 0.1) is 6.10 Å². The van der Waals surface area contributed by atoms with Gasteiger partial charge in [-0.15, -0.1) is 0 Å². The highest BCUT2D eigenvalue weighted by molar-refractivity contribution is 5.10. The molecule has 0 aromatic rings. The van der Waals surface area contributed by atoms with E-state index in [1.165, 1.54) is 51.4 Å². The average molecular weight is 431 g/mol. The minimum atomic E-state index is -0.0459. The van der Waals surface area contributed by atoms with Crippen molar-refractivity contribution < 1.29 is 5.11 Å². The van der Waals surface area contributed by atoms with E-state index in [4.69, 9.17) is 0 Å². The van der Waals surface area contributed by atoms with Crippen LogP contribution >= 0.6 is 0 Å². The predicted molar refractivity (Wildman–Crippen MR) is 133 cm³/mol. The molecule has 4 saturated carbocycles. The first-order valence-electron chi connectivity index (χ1n) is 14.2. The van der Waals surface area contributed by atoms with Crippen LogP contribution in [-0.2, 0) is 0 Å². The Hall–Kier alpha value is -0.0400. The van der Waals surface area contributed by atoms with Crippen molar-refractivity contribution in [3.8, 4) is 0 Å². The Morgan fingerprint density at radius 2 is 1.39 bits per heavy atom. The summed E-state index contributed by atoms with van der Waals surface area (Å²) < 4.78 is 0. The van der Waals surface area contributed by atoms with Gasteiger partial charge < -0.3 is 5.11 Å². The Morgan fingerprint density at radius 3 is 2.06 bits per heavy atom. The van der Waals surface area contributed by atoms with Gasteiger partial charge in [-0.1, -0.05) is 55.4 Å². The van der Waals surface area contributed by atoms with Crippen molar-refractivity contribution in [2.45, 2.75) is 119 Å². The molecule has 4 aliphatic carbocycles. The molecule has 1 nitrogen and oxygen atoms in total. The molecular formula is C30H54O. The predicted octanol–water partition coefficient (Wildman–Crippen LogP) is 8.21. The molecule has 0 aliphatic heterocycles. The van der Waals surface area contributed by atoms with Gasteiger partial charge in [-0.25, -0.2) is 0 Å². The van der Waals surface area contributed by atoms with Gasteiger partial charge >= 0.3 is 0 Å². The number of hydrogen-bond acceptors (Lipinski definition) is 1. The summed E-state index contributed by atoms with van der Waals surface area (Å²) in [6.45, 7) is 20.1. The molecule has 0 aromatic heterocycles. The van der Waals surface area contributed by atoms with Crippen LogP contribution in [0.3, 0.4) is 0 Å². The fraction of sp³-hybridized carbons (Fsp3) is 1.00. The summed E-state index contributed by atoms with van der Waals surface area (Å²) >= 11 is 0. The lowest BCUT2D eigenvalue weighted by molar-refractivity contribution is -0.149. The molecule has 0 saturated heterocycles. The Morgan fingerprint density at radius 1 is 0.774 bits per heavy atom. The van der Waals surface area contributed by atoms with Gasteiger partial charge in [0.25, 0.3) is 0 Å². The van der Waals surface area contributed by atoms with Crippen molar-refractivity contribution in [1.29, 1.82) is 0 Å². The molecule has 0 bridgehead atoms. The van der Waals surface area contributed by atoms with Crippen LogP contribution in [0.4, 0.5) is 0 Å². The van der Waals surface area contributed by atoms with E-state index in [0.717, 1.165) is 59.7 Å². The fourth-order valence-electron chi connectivity index (χ4n) is 10.3. The van der Waals surface area contributed by atoms with Crippen molar-refractivity contribution in [3.05, 3.63) is 0 Å². The Kier molecular flexibility index (Phi) is 6.71. The fourth-order valence-corrected chi connectivity index (χ4v) is 10.3. The lowest BCUT2D eigenvalue weighted by Crippen LogP contribution is -2.56. The number of fused-ring (bicyclic) bond motifs is 5. The van der Waals surface area contributed by atoms with Gasteiger partial charge in [0.15, 0.2) is 0 Å². The topological polar surface area (TPSA) is 20.2 Å². The van der Waals surface area contributed by atoms with Gasteiger partial charge in [-0.2, -0.15) is 0 Å². The van der Waals surface area contributed by atoms with E-state index in [1.807, 2.05) is 0 Å². The van der Waals surface area contributed by atoms with Crippen LogP contribution in [0.25, 0.3) is 0 Å². The van der Waals surface area contributed by atoms with Crippen molar-refractivity contribution >= 4 is 0 Å². The summed E-state index contributed by atoms with van der Waals surface area (Å²) in [6.07, 6.45) is 12.5. The number of rotatable bonds is 5. The first kappa shape index (κ1) is 24.1. The molecule has 0 spiro atoms. The number of aliphatic hydroxyl groups is 1. The molecule has 4 rings (SSSR count). The minimum absolute atomic E-state index is 0.0459. The van der Waals surface area contributed by atoms with E-state index in [9.17, 15) is 5.11 Å². The summed E-state index contributed by atoms with van der Waals surface area (Å²) in [5.41, 5.74) is 1.08. The van der Waals surface area contributed by atoms with E-state index in [2.05, 4.69) is 55.4 Å². The quantitative estimate of drug-likeness (QED) is 0.466. The van der Waals surface area contributed by atoms with E-state index >= 15 is 0 Å². The van der Waals surface area contributed by atoms with Crippen LogP contribution in [0.2, 0.25) is 0 Å². The SMILES string of the molecule is CC(C)[C@@H](C)[C@H](C)C[C@@H](C)[C@H]1CC[C@H]2[C@@H]3CC[C@H]4[C@H](C)[C@@H](O)CC[C@]4(C)[C@H]3CC[C@]12C. The largest absolute Gasteiger partial charge is 0.393 e. The van der Waals surface area contributed by atoms with Gasteiger partial charge in [0.2, 0.25) is 0 Å². The van der Waals surface area contributed by atoms with E-state index in [1.54, 1.807) is 0 Å². The summed E-state index contributed by atoms with van der Waals surface area (Å²) in [4.78, 5) is 0. The maximum atomic E-state index is 10.6. The second-order valence-corrected chi connectivity index (χ2v) is 14.1. The Balaban J connectivity index is 1.49. The number of hydrogen-bond donors (Lipinski definition) is 1. The van der Waals surface area contributed by atoms with Crippen molar-refractivity contribution in [2.24, 2.45) is 70.0 Å². The molecule has 31 heavy (non-hydrogen) atoms. The van der Waals surface area contributed by atoms with Gasteiger partial charge in [-0.05, 0) is 128 Å². The summed E-state index contributed by atoms with van der Waals surface area (Å²) in [5.74, 6) is 8.43. The zero-order valence-corrected chi connectivity index (χ0v) is 22.2. The molecule has 12 atom stereocenters. The molecule has 0 unspecified atom stereocenters. The average Bonchev–Trinajstić information content (AvgIpc) is 3.07. The second kappa shape index (κ2) is 8.63. The van der Waals surface area contributed by atoms with Crippen LogP contribution in [0, 0.1) is 70.0 Å². The van der Waals surface area contributed by atoms with Crippen LogP contribution in [-0.4, -0.2) is 11.2 Å². The van der Waals surface area contributed by atoms with Crippen molar-refractivity contribution in [2.75, 3.05) is 0 Å². The Bertz CT molecular complexity index is 626. The maximum Gasteiger partial charge on any atom is 0.0568 e. The highest BCUT2D eigenvalue weighted by Crippen LogP contribution is 2.69. The normalized spacial score (nSPS) is 50.3. The van der Waals surface area contributed by atoms with E-state index < -0.39 is 0 Å². The summed E-state index contributed by atoms with van der Waals surface area (Å²) in [6, 6.07) is 0. The van der Waals surface area contributed by atoms with Crippen LogP contribution in [0.5, 0.6) is 0 Å². The molecular weight excluding hydrogens is 376 g/mol. The molecule has 1 heteroatoms. The van der Waals surface area contributed by atoms with E-state index in [0.29, 0.717) is 16.7 Å². The highest BCUT2D eigenvalue weighted by atomic mass is 16.3. The highest BCUT2D eigenvalue weighted by Gasteiger charge is 2.61. The zero-order valence-electron chi connectivity index (χ0n) is 22.2. The third kappa shape index (κ3) is 3.85. The van der Waals surface area contributed by atoms with Crippen LogP contribution < -0.4 is 0 Å². The third-order valence-corrected chi connectivity index (χ3v) is 12.6. The first-order valence-corrected chi connectivity index (χ1v) is 14.2. The smallest absolute Gasteiger partial charge is 0.0568 e. The minimum Gasteiger partial charge on any atom is -0.393 e. The molecule has 1 N–H and O–H groups in total. The summed E-state index contributed by atoms with van der Waals surface area (Å²) in [5, 5.41) is 10.6. The van der Waals surface area contributed by atoms with Crippen molar-refractivity contribution in [3.63, 3.8) is 0 Å². The van der Waals surface area contributed by atoms with Crippen LogP contribution in [0.1, 0.15) is 113 Å². The van der Waals surface area contributed by atoms with E-state index in [-0.39, 0.29) is 6.10 Å². The monoisotopic (exact) mass is 430 g/mol. The molecule has 0 radical (unpaired) electrons. The van der Waals surface area contributed by atoms with Crippen molar-refractivity contribution in [1.82, 2.24) is 0 Å². The lowest BCUT2D eigenvalue weighted by Gasteiger charge is -2.62. The Labute approximate surface area is 194 Å². The van der Waals surface area contributed by atoms with Crippen LogP contribution in [0.15, 0.2) is 0 Å². The summed E-state index contributed by atoms with van der Waals surface area (Å²) in [7, 11) is 0.